The molecule has 0 aliphatic carbocycles. The van der Waals surface area contributed by atoms with Gasteiger partial charge in [-0.15, -0.1) is 0 Å². The standard InChI is InChI=1S/C5H8N2O2/c1-6-4(3-8)7(2)5(6)9/h3-4H,1-2H3. The van der Waals surface area contributed by atoms with Gasteiger partial charge in [-0.1, -0.05) is 0 Å². The third kappa shape index (κ3) is 0.590. The van der Waals surface area contributed by atoms with Gasteiger partial charge in [0.1, 0.15) is 0 Å². The maximum absolute atomic E-state index is 10.6. The summed E-state index contributed by atoms with van der Waals surface area (Å²) in [6.07, 6.45) is 0.402. The van der Waals surface area contributed by atoms with Crippen LogP contribution in [0.25, 0.3) is 0 Å². The Morgan fingerprint density at radius 1 is 1.44 bits per heavy atom. The molecule has 0 spiro atoms. The highest BCUT2D eigenvalue weighted by Gasteiger charge is 2.37. The minimum absolute atomic E-state index is 0.105. The fraction of sp³-hybridized carbons (Fsp3) is 0.600. The number of carbonyl (C=O) groups excluding carboxylic acids is 2. The quantitative estimate of drug-likeness (QED) is 0.447. The first kappa shape index (κ1) is 6.07. The van der Waals surface area contributed by atoms with Crippen molar-refractivity contribution in [2.75, 3.05) is 14.1 Å². The van der Waals surface area contributed by atoms with Crippen molar-refractivity contribution in [2.24, 2.45) is 0 Å². The summed E-state index contributed by atoms with van der Waals surface area (Å²) in [4.78, 5) is 23.5. The molecule has 1 fully saturated rings. The minimum Gasteiger partial charge on any atom is -0.300 e. The lowest BCUT2D eigenvalue weighted by atomic mass is 10.3. The second-order valence-corrected chi connectivity index (χ2v) is 2.05. The van der Waals surface area contributed by atoms with Gasteiger partial charge in [-0.2, -0.15) is 0 Å². The smallest absolute Gasteiger partial charge is 0.300 e. The van der Waals surface area contributed by atoms with Crippen LogP contribution in [0.3, 0.4) is 0 Å². The molecule has 0 atom stereocenters. The van der Waals surface area contributed by atoms with E-state index in [2.05, 4.69) is 0 Å². The number of nitrogens with zero attached hydrogens (tertiary/aromatic N) is 2. The minimum atomic E-state index is -0.336. The van der Waals surface area contributed by atoms with E-state index in [9.17, 15) is 9.59 Å². The molecule has 1 aliphatic heterocycles. The Hall–Kier alpha value is -1.06. The lowest BCUT2D eigenvalue weighted by Crippen LogP contribution is -2.64. The Bertz CT molecular complexity index is 145. The lowest BCUT2D eigenvalue weighted by Gasteiger charge is -2.43. The van der Waals surface area contributed by atoms with Gasteiger partial charge >= 0.3 is 6.03 Å². The predicted octanol–water partition coefficient (Wildman–Crippen LogP) is -0.491. The van der Waals surface area contributed by atoms with E-state index in [-0.39, 0.29) is 12.2 Å². The first-order valence-electron chi connectivity index (χ1n) is 2.63. The lowest BCUT2D eigenvalue weighted by molar-refractivity contribution is -0.119. The van der Waals surface area contributed by atoms with E-state index in [1.165, 1.54) is 9.80 Å². The van der Waals surface area contributed by atoms with Crippen LogP contribution in [0, 0.1) is 0 Å². The van der Waals surface area contributed by atoms with Crippen molar-refractivity contribution in [3.05, 3.63) is 0 Å². The fourth-order valence-corrected chi connectivity index (χ4v) is 0.861. The number of rotatable bonds is 1. The Balaban J connectivity index is 2.61. The van der Waals surface area contributed by atoms with Crippen LogP contribution in [0.4, 0.5) is 4.79 Å². The first-order chi connectivity index (χ1) is 4.18. The molecule has 2 amide bonds. The number of hydrogen-bond acceptors (Lipinski definition) is 2. The van der Waals surface area contributed by atoms with Gasteiger partial charge in [-0.05, 0) is 0 Å². The van der Waals surface area contributed by atoms with Crippen LogP contribution in [0.5, 0.6) is 0 Å². The fourth-order valence-electron chi connectivity index (χ4n) is 0.861. The third-order valence-electron chi connectivity index (χ3n) is 1.52. The van der Waals surface area contributed by atoms with Crippen molar-refractivity contribution in [1.29, 1.82) is 0 Å². The van der Waals surface area contributed by atoms with Gasteiger partial charge in [0.05, 0.1) is 0 Å². The van der Waals surface area contributed by atoms with Gasteiger partial charge in [-0.3, -0.25) is 4.79 Å². The predicted molar refractivity (Wildman–Crippen MR) is 30.8 cm³/mol. The highest BCUT2D eigenvalue weighted by atomic mass is 16.2. The monoisotopic (exact) mass is 128 g/mol. The number of carbonyl (C=O) groups is 2. The van der Waals surface area contributed by atoms with Crippen LogP contribution in [0.1, 0.15) is 0 Å². The van der Waals surface area contributed by atoms with Crippen molar-refractivity contribution in [2.45, 2.75) is 6.17 Å². The maximum atomic E-state index is 10.6. The molecule has 0 saturated carbocycles. The van der Waals surface area contributed by atoms with Crippen molar-refractivity contribution in [3.63, 3.8) is 0 Å². The molecule has 1 rings (SSSR count). The summed E-state index contributed by atoms with van der Waals surface area (Å²) in [5, 5.41) is 0. The zero-order chi connectivity index (χ0) is 7.02. The number of amides is 2. The second kappa shape index (κ2) is 1.72. The molecule has 1 heterocycles. The van der Waals surface area contributed by atoms with Crippen molar-refractivity contribution in [1.82, 2.24) is 9.80 Å². The molecule has 1 saturated heterocycles. The molecule has 0 radical (unpaired) electrons. The topological polar surface area (TPSA) is 40.6 Å². The average Bonchev–Trinajstić information content (AvgIpc) is 1.89. The Morgan fingerprint density at radius 2 is 1.89 bits per heavy atom. The summed E-state index contributed by atoms with van der Waals surface area (Å²) >= 11 is 0. The molecule has 4 nitrogen and oxygen atoms in total. The highest BCUT2D eigenvalue weighted by molar-refractivity contribution is 5.87. The first-order valence-corrected chi connectivity index (χ1v) is 2.63. The molecule has 0 unspecified atom stereocenters. The summed E-state index contributed by atoms with van der Waals surface area (Å²) in [5.41, 5.74) is 0. The maximum Gasteiger partial charge on any atom is 0.323 e. The van der Waals surface area contributed by atoms with Gasteiger partial charge < -0.3 is 9.80 Å². The molecule has 9 heavy (non-hydrogen) atoms. The average molecular weight is 128 g/mol. The molecule has 4 heteroatoms. The Labute approximate surface area is 53.0 Å². The van der Waals surface area contributed by atoms with E-state index in [1.54, 1.807) is 14.1 Å². The van der Waals surface area contributed by atoms with Crippen molar-refractivity contribution >= 4 is 12.3 Å². The van der Waals surface area contributed by atoms with Gasteiger partial charge in [0, 0.05) is 14.1 Å². The molecule has 0 aromatic rings. The van der Waals surface area contributed by atoms with Crippen LogP contribution in [-0.2, 0) is 4.79 Å². The van der Waals surface area contributed by atoms with Gasteiger partial charge in [-0.25, -0.2) is 4.79 Å². The largest absolute Gasteiger partial charge is 0.323 e. The SMILES string of the molecule is CN1C(=O)N(C)C1C=O. The van der Waals surface area contributed by atoms with E-state index < -0.39 is 0 Å². The Morgan fingerprint density at radius 3 is 2.11 bits per heavy atom. The summed E-state index contributed by atoms with van der Waals surface area (Å²) in [6, 6.07) is -0.105. The van der Waals surface area contributed by atoms with Gasteiger partial charge in [0.25, 0.3) is 0 Å². The van der Waals surface area contributed by atoms with Crippen molar-refractivity contribution in [3.8, 4) is 0 Å². The van der Waals surface area contributed by atoms with Crippen LogP contribution in [0.2, 0.25) is 0 Å². The molecule has 0 aromatic heterocycles. The van der Waals surface area contributed by atoms with Gasteiger partial charge in [0.15, 0.2) is 12.5 Å². The van der Waals surface area contributed by atoms with E-state index in [1.807, 2.05) is 0 Å². The van der Waals surface area contributed by atoms with E-state index >= 15 is 0 Å². The van der Waals surface area contributed by atoms with Crippen molar-refractivity contribution < 1.29 is 9.59 Å². The zero-order valence-electron chi connectivity index (χ0n) is 5.37. The molecular formula is C5H8N2O2. The molecule has 0 bridgehead atoms. The summed E-state index contributed by atoms with van der Waals surface area (Å²) in [6.45, 7) is 0. The summed E-state index contributed by atoms with van der Waals surface area (Å²) in [5.74, 6) is 0. The van der Waals surface area contributed by atoms with E-state index in [0.717, 1.165) is 6.29 Å². The third-order valence-corrected chi connectivity index (χ3v) is 1.52. The van der Waals surface area contributed by atoms with Crippen LogP contribution >= 0.6 is 0 Å². The molecule has 1 aliphatic rings. The van der Waals surface area contributed by atoms with E-state index in [0.29, 0.717) is 0 Å². The number of likely N-dealkylation sites (N-methyl/N-ethyl adjacent to an activating group) is 2. The number of hydrogen-bond donors (Lipinski definition) is 0. The Kier molecular flexibility index (Phi) is 1.16. The number of urea groups is 1. The molecular weight excluding hydrogens is 120 g/mol. The van der Waals surface area contributed by atoms with Crippen LogP contribution in [-0.4, -0.2) is 42.4 Å². The molecule has 50 valence electrons. The summed E-state index contributed by atoms with van der Waals surface area (Å²) in [7, 11) is 3.20. The summed E-state index contributed by atoms with van der Waals surface area (Å²) < 4.78 is 0. The van der Waals surface area contributed by atoms with Crippen LogP contribution in [0.15, 0.2) is 0 Å². The second-order valence-electron chi connectivity index (χ2n) is 2.05. The highest BCUT2D eigenvalue weighted by Crippen LogP contribution is 2.13. The molecule has 0 N–H and O–H groups in total. The zero-order valence-corrected chi connectivity index (χ0v) is 5.37. The van der Waals surface area contributed by atoms with Crippen LogP contribution < -0.4 is 0 Å². The normalized spacial score (nSPS) is 20.0. The molecule has 0 aromatic carbocycles. The number of aldehydes is 1. The van der Waals surface area contributed by atoms with E-state index in [4.69, 9.17) is 0 Å². The van der Waals surface area contributed by atoms with Gasteiger partial charge in [0.2, 0.25) is 0 Å².